The van der Waals surface area contributed by atoms with Crippen LogP contribution < -0.4 is 10.0 Å². The fourth-order valence-corrected chi connectivity index (χ4v) is 3.14. The molecule has 0 aliphatic rings. The maximum absolute atomic E-state index is 12.1. The van der Waals surface area contributed by atoms with Gasteiger partial charge in [0.05, 0.1) is 11.0 Å². The smallest absolute Gasteiger partial charge is 0.338 e. The first kappa shape index (κ1) is 22.2. The number of hydrogen-bond donors (Lipinski definition) is 2. The minimum Gasteiger partial charge on any atom is -0.452 e. The van der Waals surface area contributed by atoms with E-state index in [1.165, 1.54) is 30.3 Å². The molecule has 2 N–H and O–H groups in total. The van der Waals surface area contributed by atoms with E-state index in [4.69, 9.17) is 4.74 Å². The number of carbonyl (C=O) groups is 2. The highest BCUT2D eigenvalue weighted by atomic mass is 32.2. The molecule has 0 aromatic heterocycles. The lowest BCUT2D eigenvalue weighted by atomic mass is 10.2. The lowest BCUT2D eigenvalue weighted by Gasteiger charge is -2.07. The predicted molar refractivity (Wildman–Crippen MR) is 113 cm³/mol. The Morgan fingerprint density at radius 2 is 1.72 bits per heavy atom. The highest BCUT2D eigenvalue weighted by molar-refractivity contribution is 7.95. The lowest BCUT2D eigenvalue weighted by molar-refractivity contribution is -0.124. The first-order valence-electron chi connectivity index (χ1n) is 9.19. The molecule has 0 fully saturated rings. The van der Waals surface area contributed by atoms with Crippen LogP contribution in [-0.2, 0) is 19.6 Å². The molecular formula is C21H24N2O5S. The van der Waals surface area contributed by atoms with Crippen LogP contribution in [0.1, 0.15) is 35.7 Å². The van der Waals surface area contributed by atoms with Gasteiger partial charge in [-0.15, -0.1) is 0 Å². The van der Waals surface area contributed by atoms with Gasteiger partial charge in [0.15, 0.2) is 6.61 Å². The second-order valence-electron chi connectivity index (χ2n) is 6.22. The van der Waals surface area contributed by atoms with Crippen molar-refractivity contribution in [3.63, 3.8) is 0 Å². The molecule has 0 aliphatic carbocycles. The summed E-state index contributed by atoms with van der Waals surface area (Å²) >= 11 is 0. The number of rotatable bonds is 10. The molecule has 0 heterocycles. The Morgan fingerprint density at radius 3 is 2.38 bits per heavy atom. The topological polar surface area (TPSA) is 102 Å². The number of hydrogen-bond acceptors (Lipinski definition) is 5. The van der Waals surface area contributed by atoms with Gasteiger partial charge in [-0.25, -0.2) is 13.2 Å². The molecule has 1 amide bonds. The molecule has 0 aliphatic heterocycles. The summed E-state index contributed by atoms with van der Waals surface area (Å²) in [6.07, 6.45) is 3.30. The quantitative estimate of drug-likeness (QED) is 0.458. The molecule has 154 valence electrons. The Morgan fingerprint density at radius 1 is 1.03 bits per heavy atom. The van der Waals surface area contributed by atoms with Crippen LogP contribution >= 0.6 is 0 Å². The van der Waals surface area contributed by atoms with Gasteiger partial charge in [-0.2, -0.15) is 0 Å². The maximum Gasteiger partial charge on any atom is 0.338 e. The Hall–Kier alpha value is -3.13. The molecule has 0 radical (unpaired) electrons. The maximum atomic E-state index is 12.1. The second kappa shape index (κ2) is 11.0. The van der Waals surface area contributed by atoms with Crippen molar-refractivity contribution in [1.29, 1.82) is 0 Å². The van der Waals surface area contributed by atoms with Crippen molar-refractivity contribution in [3.05, 3.63) is 71.1 Å². The third-order valence-corrected chi connectivity index (χ3v) is 4.82. The SMILES string of the molecule is CCCCNC(=O)COC(=O)c1ccc(NS(=O)(=O)/C=C/c2ccccc2)cc1. The van der Waals surface area contributed by atoms with Crippen molar-refractivity contribution in [1.82, 2.24) is 5.32 Å². The highest BCUT2D eigenvalue weighted by Crippen LogP contribution is 2.13. The molecule has 0 unspecified atom stereocenters. The third-order valence-electron chi connectivity index (χ3n) is 3.81. The minimum absolute atomic E-state index is 0.217. The normalized spacial score (nSPS) is 11.2. The fourth-order valence-electron chi connectivity index (χ4n) is 2.27. The molecule has 2 aromatic rings. The van der Waals surface area contributed by atoms with E-state index in [-0.39, 0.29) is 18.1 Å². The molecule has 2 aromatic carbocycles. The van der Waals surface area contributed by atoms with Crippen molar-refractivity contribution >= 4 is 33.7 Å². The summed E-state index contributed by atoms with van der Waals surface area (Å²) in [6, 6.07) is 14.8. The van der Waals surface area contributed by atoms with Crippen LogP contribution in [0.3, 0.4) is 0 Å². The van der Waals surface area contributed by atoms with Crippen molar-refractivity contribution in [2.75, 3.05) is 17.9 Å². The summed E-state index contributed by atoms with van der Waals surface area (Å²) in [5, 5.41) is 3.72. The van der Waals surface area contributed by atoms with E-state index < -0.39 is 16.0 Å². The molecule has 0 bridgehead atoms. The molecule has 29 heavy (non-hydrogen) atoms. The van der Waals surface area contributed by atoms with Gasteiger partial charge in [0, 0.05) is 12.2 Å². The van der Waals surface area contributed by atoms with Gasteiger partial charge in [0.1, 0.15) is 0 Å². The molecule has 0 saturated heterocycles. The minimum atomic E-state index is -3.70. The largest absolute Gasteiger partial charge is 0.452 e. The summed E-state index contributed by atoms with van der Waals surface area (Å²) in [6.45, 7) is 2.19. The number of unbranched alkanes of at least 4 members (excludes halogenated alkanes) is 1. The monoisotopic (exact) mass is 416 g/mol. The number of anilines is 1. The summed E-state index contributed by atoms with van der Waals surface area (Å²) in [5.74, 6) is -1.02. The number of esters is 1. The van der Waals surface area contributed by atoms with Gasteiger partial charge in [-0.05, 0) is 42.3 Å². The molecule has 8 heteroatoms. The van der Waals surface area contributed by atoms with Crippen molar-refractivity contribution in [3.8, 4) is 0 Å². The van der Waals surface area contributed by atoms with E-state index >= 15 is 0 Å². The van der Waals surface area contributed by atoms with Gasteiger partial charge >= 0.3 is 5.97 Å². The van der Waals surface area contributed by atoms with Gasteiger partial charge in [0.25, 0.3) is 15.9 Å². The average Bonchev–Trinajstić information content (AvgIpc) is 2.72. The zero-order valence-electron chi connectivity index (χ0n) is 16.1. The number of sulfonamides is 1. The Labute approximate surface area is 170 Å². The van der Waals surface area contributed by atoms with Crippen molar-refractivity contribution in [2.45, 2.75) is 19.8 Å². The van der Waals surface area contributed by atoms with Gasteiger partial charge in [-0.1, -0.05) is 43.7 Å². The third kappa shape index (κ3) is 8.18. The Bertz CT molecular complexity index is 939. The van der Waals surface area contributed by atoms with Gasteiger partial charge in [0.2, 0.25) is 0 Å². The summed E-state index contributed by atoms with van der Waals surface area (Å²) in [5.41, 5.74) is 1.28. The van der Waals surface area contributed by atoms with E-state index in [2.05, 4.69) is 10.0 Å². The molecular weight excluding hydrogens is 392 g/mol. The molecule has 0 spiro atoms. The summed E-state index contributed by atoms with van der Waals surface area (Å²) in [7, 11) is -3.70. The van der Waals surface area contributed by atoms with Crippen LogP contribution in [0.15, 0.2) is 60.0 Å². The van der Waals surface area contributed by atoms with E-state index in [0.717, 1.165) is 23.8 Å². The molecule has 0 saturated carbocycles. The zero-order chi connectivity index (χ0) is 21.1. The molecule has 7 nitrogen and oxygen atoms in total. The van der Waals surface area contributed by atoms with Crippen molar-refractivity contribution < 1.29 is 22.7 Å². The number of nitrogens with one attached hydrogen (secondary N) is 2. The van der Waals surface area contributed by atoms with Crippen LogP contribution in [0.5, 0.6) is 0 Å². The standard InChI is InChI=1S/C21H24N2O5S/c1-2-3-14-22-20(24)16-28-21(25)18-9-11-19(12-10-18)23-29(26,27)15-13-17-7-5-4-6-8-17/h4-13,15,23H,2-3,14,16H2,1H3,(H,22,24)/b15-13+. The van der Waals surface area contributed by atoms with Gasteiger partial charge < -0.3 is 10.1 Å². The van der Waals surface area contributed by atoms with E-state index in [9.17, 15) is 18.0 Å². The van der Waals surface area contributed by atoms with Crippen molar-refractivity contribution in [2.24, 2.45) is 0 Å². The van der Waals surface area contributed by atoms with E-state index in [1.54, 1.807) is 12.1 Å². The summed E-state index contributed by atoms with van der Waals surface area (Å²) < 4.78 is 31.6. The lowest BCUT2D eigenvalue weighted by Crippen LogP contribution is -2.29. The first-order chi connectivity index (χ1) is 13.9. The van der Waals surface area contributed by atoms with Gasteiger partial charge in [-0.3, -0.25) is 9.52 Å². The Kier molecular flexibility index (Phi) is 8.42. The number of carbonyl (C=O) groups excluding carboxylic acids is 2. The van der Waals surface area contributed by atoms with Crippen LogP contribution in [0.25, 0.3) is 6.08 Å². The van der Waals surface area contributed by atoms with E-state index in [1.807, 2.05) is 25.1 Å². The van der Waals surface area contributed by atoms with Crippen LogP contribution in [0.2, 0.25) is 0 Å². The van der Waals surface area contributed by atoms with E-state index in [0.29, 0.717) is 12.2 Å². The second-order valence-corrected chi connectivity index (χ2v) is 7.78. The number of benzene rings is 2. The summed E-state index contributed by atoms with van der Waals surface area (Å²) in [4.78, 5) is 23.5. The predicted octanol–water partition coefficient (Wildman–Crippen LogP) is 3.17. The van der Waals surface area contributed by atoms with Crippen LogP contribution in [0, 0.1) is 0 Å². The zero-order valence-corrected chi connectivity index (χ0v) is 16.9. The fraction of sp³-hybridized carbons (Fsp3) is 0.238. The number of amides is 1. The Balaban J connectivity index is 1.88. The number of ether oxygens (including phenoxy) is 1. The molecule has 0 atom stereocenters. The van der Waals surface area contributed by atoms with Crippen LogP contribution in [-0.4, -0.2) is 33.4 Å². The highest BCUT2D eigenvalue weighted by Gasteiger charge is 2.11. The molecule has 2 rings (SSSR count). The first-order valence-corrected chi connectivity index (χ1v) is 10.7. The average molecular weight is 416 g/mol. The van der Waals surface area contributed by atoms with Crippen LogP contribution in [0.4, 0.5) is 5.69 Å².